The van der Waals surface area contributed by atoms with Gasteiger partial charge in [0.05, 0.1) is 0 Å². The molecule has 1 fully saturated rings. The van der Waals surface area contributed by atoms with Crippen LogP contribution in [0.1, 0.15) is 44.1 Å². The Morgan fingerprint density at radius 1 is 1.27 bits per heavy atom. The quantitative estimate of drug-likeness (QED) is 0.874. The molecule has 1 aliphatic rings. The molecule has 1 aromatic rings. The van der Waals surface area contributed by atoms with Gasteiger partial charge in [-0.2, -0.15) is 0 Å². The van der Waals surface area contributed by atoms with Crippen molar-refractivity contribution in [1.29, 1.82) is 0 Å². The molecule has 22 heavy (non-hydrogen) atoms. The second kappa shape index (κ2) is 8.79. The number of carbonyl (C=O) groups is 1. The third-order valence-electron chi connectivity index (χ3n) is 4.39. The van der Waals surface area contributed by atoms with Crippen LogP contribution in [0.3, 0.4) is 0 Å². The normalized spacial score (nSPS) is 17.0. The summed E-state index contributed by atoms with van der Waals surface area (Å²) in [5.74, 6) is 0.734. The largest absolute Gasteiger partial charge is 0.445 e. The Bertz CT molecular complexity index is 444. The van der Waals surface area contributed by atoms with E-state index in [2.05, 4.69) is 0 Å². The summed E-state index contributed by atoms with van der Waals surface area (Å²) in [5.41, 5.74) is 7.20. The lowest BCUT2D eigenvalue weighted by molar-refractivity contribution is 0.101. The molecule has 1 aliphatic carbocycles. The van der Waals surface area contributed by atoms with Gasteiger partial charge in [0.2, 0.25) is 0 Å². The van der Waals surface area contributed by atoms with Crippen LogP contribution in [0.15, 0.2) is 30.3 Å². The number of rotatable bonds is 6. The van der Waals surface area contributed by atoms with Crippen LogP contribution < -0.4 is 5.73 Å². The lowest BCUT2D eigenvalue weighted by atomic mass is 9.85. The number of hydrogen-bond donors (Lipinski definition) is 1. The number of nitrogens with zero attached hydrogens (tertiary/aromatic N) is 1. The van der Waals surface area contributed by atoms with Gasteiger partial charge in [-0.1, -0.05) is 62.4 Å². The highest BCUT2D eigenvalue weighted by molar-refractivity contribution is 5.67. The third-order valence-corrected chi connectivity index (χ3v) is 4.39. The van der Waals surface area contributed by atoms with E-state index in [1.54, 1.807) is 11.9 Å². The minimum absolute atomic E-state index is 0.0392. The van der Waals surface area contributed by atoms with Crippen molar-refractivity contribution in [3.05, 3.63) is 35.9 Å². The summed E-state index contributed by atoms with van der Waals surface area (Å²) < 4.78 is 5.31. The Hall–Kier alpha value is -1.55. The predicted octanol–water partition coefficient (Wildman–Crippen LogP) is 3.55. The van der Waals surface area contributed by atoms with E-state index < -0.39 is 0 Å². The molecule has 0 unspecified atom stereocenters. The molecule has 2 rings (SSSR count). The summed E-state index contributed by atoms with van der Waals surface area (Å²) in [5, 5.41) is 0. The summed E-state index contributed by atoms with van der Waals surface area (Å²) in [4.78, 5) is 13.6. The van der Waals surface area contributed by atoms with Gasteiger partial charge < -0.3 is 15.4 Å². The molecule has 1 amide bonds. The maximum absolute atomic E-state index is 12.0. The Kier molecular flexibility index (Phi) is 6.72. The van der Waals surface area contributed by atoms with E-state index in [0.717, 1.165) is 17.9 Å². The van der Waals surface area contributed by atoms with Gasteiger partial charge in [0, 0.05) is 19.6 Å². The Balaban J connectivity index is 1.68. The second-order valence-electron chi connectivity index (χ2n) is 6.42. The standard InChI is InChI=1S/C18H28N2O2/c1-20(13-17(19)12-15-8-4-2-5-9-15)18(21)22-14-16-10-6-3-7-11-16/h3,6-7,10-11,15,17H,2,4-5,8-9,12-14,19H2,1H3/t17-/m0/s1. The molecular weight excluding hydrogens is 276 g/mol. The highest BCUT2D eigenvalue weighted by Gasteiger charge is 2.19. The summed E-state index contributed by atoms with van der Waals surface area (Å²) in [6.07, 6.45) is 7.29. The van der Waals surface area contributed by atoms with Crippen LogP contribution in [0.4, 0.5) is 4.79 Å². The number of likely N-dealkylation sites (N-methyl/N-ethyl adjacent to an activating group) is 1. The SMILES string of the molecule is CN(C[C@@H](N)CC1CCCCC1)C(=O)OCc1ccccc1. The first kappa shape index (κ1) is 16.8. The zero-order valence-electron chi connectivity index (χ0n) is 13.5. The van der Waals surface area contributed by atoms with Crippen molar-refractivity contribution in [2.24, 2.45) is 11.7 Å². The highest BCUT2D eigenvalue weighted by atomic mass is 16.6. The van der Waals surface area contributed by atoms with E-state index in [-0.39, 0.29) is 12.1 Å². The number of benzene rings is 1. The lowest BCUT2D eigenvalue weighted by Crippen LogP contribution is -2.40. The Morgan fingerprint density at radius 2 is 1.95 bits per heavy atom. The van der Waals surface area contributed by atoms with Gasteiger partial charge in [-0.3, -0.25) is 0 Å². The first-order chi connectivity index (χ1) is 10.6. The van der Waals surface area contributed by atoms with Gasteiger partial charge in [0.1, 0.15) is 6.61 Å². The summed E-state index contributed by atoms with van der Waals surface area (Å²) >= 11 is 0. The monoisotopic (exact) mass is 304 g/mol. The molecule has 4 nitrogen and oxygen atoms in total. The molecule has 122 valence electrons. The molecule has 0 radical (unpaired) electrons. The molecule has 1 atom stereocenters. The van der Waals surface area contributed by atoms with Crippen LogP contribution in [0.5, 0.6) is 0 Å². The number of ether oxygens (including phenoxy) is 1. The molecule has 1 saturated carbocycles. The van der Waals surface area contributed by atoms with Crippen molar-refractivity contribution in [2.75, 3.05) is 13.6 Å². The fourth-order valence-electron chi connectivity index (χ4n) is 3.18. The maximum Gasteiger partial charge on any atom is 0.409 e. The number of carbonyl (C=O) groups excluding carboxylic acids is 1. The predicted molar refractivity (Wildman–Crippen MR) is 88.4 cm³/mol. The van der Waals surface area contributed by atoms with Gasteiger partial charge in [0.15, 0.2) is 0 Å². The Labute approximate surface area is 133 Å². The van der Waals surface area contributed by atoms with Crippen LogP contribution in [0.25, 0.3) is 0 Å². The molecular formula is C18H28N2O2. The molecule has 0 bridgehead atoms. The zero-order chi connectivity index (χ0) is 15.8. The molecule has 1 aromatic carbocycles. The molecule has 2 N–H and O–H groups in total. The van der Waals surface area contributed by atoms with E-state index in [9.17, 15) is 4.79 Å². The fourth-order valence-corrected chi connectivity index (χ4v) is 3.18. The lowest BCUT2D eigenvalue weighted by Gasteiger charge is -2.27. The van der Waals surface area contributed by atoms with Crippen LogP contribution in [0.2, 0.25) is 0 Å². The Morgan fingerprint density at radius 3 is 2.64 bits per heavy atom. The van der Waals surface area contributed by atoms with Crippen molar-refractivity contribution in [3.8, 4) is 0 Å². The van der Waals surface area contributed by atoms with Crippen LogP contribution >= 0.6 is 0 Å². The summed E-state index contributed by atoms with van der Waals surface area (Å²) in [7, 11) is 1.76. The van der Waals surface area contributed by atoms with E-state index >= 15 is 0 Å². The smallest absolute Gasteiger partial charge is 0.409 e. The zero-order valence-corrected chi connectivity index (χ0v) is 13.5. The first-order valence-corrected chi connectivity index (χ1v) is 8.32. The van der Waals surface area contributed by atoms with E-state index in [0.29, 0.717) is 13.2 Å². The summed E-state index contributed by atoms with van der Waals surface area (Å²) in [6, 6.07) is 9.75. The second-order valence-corrected chi connectivity index (χ2v) is 6.42. The molecule has 0 saturated heterocycles. The van der Waals surface area contributed by atoms with Crippen LogP contribution in [-0.2, 0) is 11.3 Å². The maximum atomic E-state index is 12.0. The van der Waals surface area contributed by atoms with Gasteiger partial charge in [-0.15, -0.1) is 0 Å². The highest BCUT2D eigenvalue weighted by Crippen LogP contribution is 2.27. The molecule has 0 aliphatic heterocycles. The van der Waals surface area contributed by atoms with E-state index in [1.165, 1.54) is 32.1 Å². The molecule has 0 spiro atoms. The van der Waals surface area contributed by atoms with Crippen molar-refractivity contribution in [3.63, 3.8) is 0 Å². The van der Waals surface area contributed by atoms with Gasteiger partial charge in [-0.05, 0) is 17.9 Å². The van der Waals surface area contributed by atoms with Gasteiger partial charge in [-0.25, -0.2) is 4.79 Å². The van der Waals surface area contributed by atoms with Gasteiger partial charge >= 0.3 is 6.09 Å². The first-order valence-electron chi connectivity index (χ1n) is 8.32. The minimum Gasteiger partial charge on any atom is -0.445 e. The van der Waals surface area contributed by atoms with Crippen LogP contribution in [0, 0.1) is 5.92 Å². The molecule has 4 heteroatoms. The van der Waals surface area contributed by atoms with Crippen molar-refractivity contribution >= 4 is 6.09 Å². The van der Waals surface area contributed by atoms with Crippen molar-refractivity contribution in [2.45, 2.75) is 51.2 Å². The van der Waals surface area contributed by atoms with Crippen LogP contribution in [-0.4, -0.2) is 30.6 Å². The molecule has 0 heterocycles. The topological polar surface area (TPSA) is 55.6 Å². The summed E-state index contributed by atoms with van der Waals surface area (Å²) in [6.45, 7) is 0.867. The minimum atomic E-state index is -0.303. The molecule has 0 aromatic heterocycles. The fraction of sp³-hybridized carbons (Fsp3) is 0.611. The third kappa shape index (κ3) is 5.68. The van der Waals surface area contributed by atoms with Gasteiger partial charge in [0.25, 0.3) is 0 Å². The number of nitrogens with two attached hydrogens (primary N) is 1. The van der Waals surface area contributed by atoms with E-state index in [4.69, 9.17) is 10.5 Å². The average Bonchev–Trinajstić information content (AvgIpc) is 2.54. The number of hydrogen-bond acceptors (Lipinski definition) is 3. The average molecular weight is 304 g/mol. The van der Waals surface area contributed by atoms with Crippen molar-refractivity contribution < 1.29 is 9.53 Å². The van der Waals surface area contributed by atoms with Crippen molar-refractivity contribution in [1.82, 2.24) is 4.90 Å². The number of amides is 1. The van der Waals surface area contributed by atoms with E-state index in [1.807, 2.05) is 30.3 Å².